The summed E-state index contributed by atoms with van der Waals surface area (Å²) in [6, 6.07) is 12.6. The van der Waals surface area contributed by atoms with Gasteiger partial charge in [0.1, 0.15) is 0 Å². The molecular weight excluding hydrogens is 300 g/mol. The Morgan fingerprint density at radius 1 is 1.17 bits per heavy atom. The van der Waals surface area contributed by atoms with E-state index in [1.807, 2.05) is 34.0 Å². The van der Waals surface area contributed by atoms with Crippen molar-refractivity contribution in [1.82, 2.24) is 19.2 Å². The first-order valence-corrected chi connectivity index (χ1v) is 8.62. The maximum atomic E-state index is 12.7. The van der Waals surface area contributed by atoms with Gasteiger partial charge in [-0.05, 0) is 36.4 Å². The molecule has 1 aliphatic rings. The Bertz CT molecular complexity index is 821. The minimum Gasteiger partial charge on any atom is -0.347 e. The molecule has 0 radical (unpaired) electrons. The lowest BCUT2D eigenvalue weighted by Gasteiger charge is -2.25. The summed E-state index contributed by atoms with van der Waals surface area (Å²) in [5, 5.41) is 5.49. The molecule has 0 bridgehead atoms. The van der Waals surface area contributed by atoms with Crippen molar-refractivity contribution >= 4 is 16.8 Å². The molecule has 3 heterocycles. The van der Waals surface area contributed by atoms with Crippen LogP contribution in [0.4, 0.5) is 0 Å². The highest BCUT2D eigenvalue weighted by Gasteiger charge is 2.28. The number of carbonyl (C=O) groups is 1. The number of amides is 1. The van der Waals surface area contributed by atoms with E-state index >= 15 is 0 Å². The van der Waals surface area contributed by atoms with Crippen LogP contribution in [-0.4, -0.2) is 37.7 Å². The quantitative estimate of drug-likeness (QED) is 0.725. The third kappa shape index (κ3) is 2.94. The molecule has 2 aromatic heterocycles. The highest BCUT2D eigenvalue weighted by Crippen LogP contribution is 2.21. The average molecular weight is 322 g/mol. The number of benzene rings is 1. The van der Waals surface area contributed by atoms with Gasteiger partial charge in [0, 0.05) is 43.6 Å². The van der Waals surface area contributed by atoms with Gasteiger partial charge in [0.2, 0.25) is 5.91 Å². The fourth-order valence-corrected chi connectivity index (χ4v) is 3.67. The Morgan fingerprint density at radius 3 is 2.96 bits per heavy atom. The number of nitrogens with zero attached hydrogens (tertiary/aromatic N) is 4. The van der Waals surface area contributed by atoms with Gasteiger partial charge >= 0.3 is 0 Å². The number of fused-ring (bicyclic) bond motifs is 1. The fraction of sp³-hybridized carbons (Fsp3) is 0.368. The van der Waals surface area contributed by atoms with Crippen molar-refractivity contribution in [2.24, 2.45) is 0 Å². The molecule has 1 saturated heterocycles. The van der Waals surface area contributed by atoms with Crippen LogP contribution in [0.5, 0.6) is 0 Å². The maximum absolute atomic E-state index is 12.7. The second kappa shape index (κ2) is 6.51. The molecule has 0 aliphatic carbocycles. The van der Waals surface area contributed by atoms with E-state index in [9.17, 15) is 4.79 Å². The summed E-state index contributed by atoms with van der Waals surface area (Å²) in [6.45, 7) is 2.40. The molecule has 24 heavy (non-hydrogen) atoms. The summed E-state index contributed by atoms with van der Waals surface area (Å²) in [6.07, 6.45) is 8.53. The molecule has 1 aliphatic heterocycles. The summed E-state index contributed by atoms with van der Waals surface area (Å²) in [5.74, 6) is 0.252. The van der Waals surface area contributed by atoms with Crippen LogP contribution in [-0.2, 0) is 17.9 Å². The fourth-order valence-electron chi connectivity index (χ4n) is 3.67. The van der Waals surface area contributed by atoms with E-state index in [1.54, 1.807) is 6.20 Å². The molecule has 0 unspecified atom stereocenters. The Balaban J connectivity index is 1.40. The minimum absolute atomic E-state index is 0.252. The summed E-state index contributed by atoms with van der Waals surface area (Å²) in [7, 11) is 0. The van der Waals surface area contributed by atoms with Crippen molar-refractivity contribution in [2.75, 3.05) is 6.54 Å². The van der Waals surface area contributed by atoms with Crippen LogP contribution in [0.25, 0.3) is 10.9 Å². The van der Waals surface area contributed by atoms with E-state index < -0.39 is 0 Å². The van der Waals surface area contributed by atoms with Crippen molar-refractivity contribution < 1.29 is 4.79 Å². The van der Waals surface area contributed by atoms with Crippen LogP contribution in [0.15, 0.2) is 55.0 Å². The molecule has 0 N–H and O–H groups in total. The zero-order valence-corrected chi connectivity index (χ0v) is 13.7. The van der Waals surface area contributed by atoms with Crippen LogP contribution in [0.3, 0.4) is 0 Å². The van der Waals surface area contributed by atoms with E-state index in [0.717, 1.165) is 32.5 Å². The highest BCUT2D eigenvalue weighted by molar-refractivity contribution is 5.80. The summed E-state index contributed by atoms with van der Waals surface area (Å²) < 4.78 is 4.10. The van der Waals surface area contributed by atoms with Gasteiger partial charge in [-0.15, -0.1) is 0 Å². The smallest absolute Gasteiger partial charge is 0.224 e. The van der Waals surface area contributed by atoms with Crippen molar-refractivity contribution in [2.45, 2.75) is 38.4 Å². The Hall–Kier alpha value is -2.56. The van der Waals surface area contributed by atoms with E-state index in [1.165, 1.54) is 10.9 Å². The van der Waals surface area contributed by atoms with Gasteiger partial charge < -0.3 is 9.47 Å². The molecule has 1 atom stereocenters. The number of rotatable bonds is 5. The molecule has 5 heteroatoms. The van der Waals surface area contributed by atoms with Gasteiger partial charge in [-0.2, -0.15) is 5.10 Å². The number of aryl methyl sites for hydroxylation is 1. The average Bonchev–Trinajstić information content (AvgIpc) is 3.34. The molecule has 124 valence electrons. The second-order valence-corrected chi connectivity index (χ2v) is 6.43. The lowest BCUT2D eigenvalue weighted by molar-refractivity contribution is -0.132. The number of hydrogen-bond donors (Lipinski definition) is 0. The summed E-state index contributed by atoms with van der Waals surface area (Å²) in [5.41, 5.74) is 1.19. The zero-order valence-electron chi connectivity index (χ0n) is 13.7. The molecule has 0 spiro atoms. The molecule has 1 fully saturated rings. The van der Waals surface area contributed by atoms with Crippen LogP contribution in [0.2, 0.25) is 0 Å². The first kappa shape index (κ1) is 15.0. The summed E-state index contributed by atoms with van der Waals surface area (Å²) in [4.78, 5) is 14.7. The van der Waals surface area contributed by atoms with Gasteiger partial charge in [-0.25, -0.2) is 0 Å². The Kier molecular flexibility index (Phi) is 4.07. The molecular formula is C19H22N4O. The number of para-hydroxylation sites is 1. The lowest BCUT2D eigenvalue weighted by atomic mass is 10.2. The normalized spacial score (nSPS) is 17.7. The number of hydrogen-bond acceptors (Lipinski definition) is 2. The number of likely N-dealkylation sites (tertiary alicyclic amines) is 1. The molecule has 1 aromatic carbocycles. The van der Waals surface area contributed by atoms with Crippen LogP contribution in [0, 0.1) is 0 Å². The van der Waals surface area contributed by atoms with Gasteiger partial charge in [0.25, 0.3) is 0 Å². The number of carbonyl (C=O) groups excluding carboxylic acids is 1. The predicted octanol–water partition coefficient (Wildman–Crippen LogP) is 2.92. The van der Waals surface area contributed by atoms with Gasteiger partial charge in [-0.1, -0.05) is 18.2 Å². The standard InChI is InChI=1S/C19H22N4O/c24-19(9-14-21-13-8-16-5-1-2-7-18(16)21)23-12-3-6-17(23)15-22-11-4-10-20-22/h1-2,4-5,7-8,10-11,13,17H,3,6,9,12,14-15H2/t17-/m1/s1. The van der Waals surface area contributed by atoms with E-state index in [0.29, 0.717) is 6.42 Å². The SMILES string of the molecule is O=C(CCn1ccc2ccccc21)N1CCC[C@@H]1Cn1cccn1. The summed E-state index contributed by atoms with van der Waals surface area (Å²) >= 11 is 0. The molecule has 0 saturated carbocycles. The lowest BCUT2D eigenvalue weighted by Crippen LogP contribution is -2.38. The van der Waals surface area contributed by atoms with Gasteiger partial charge in [0.15, 0.2) is 0 Å². The molecule has 5 nitrogen and oxygen atoms in total. The van der Waals surface area contributed by atoms with Gasteiger partial charge in [-0.3, -0.25) is 9.48 Å². The van der Waals surface area contributed by atoms with Crippen molar-refractivity contribution in [1.29, 1.82) is 0 Å². The number of aromatic nitrogens is 3. The van der Waals surface area contributed by atoms with Crippen molar-refractivity contribution in [3.8, 4) is 0 Å². The third-order valence-corrected chi connectivity index (χ3v) is 4.90. The van der Waals surface area contributed by atoms with Crippen LogP contribution in [0.1, 0.15) is 19.3 Å². The minimum atomic E-state index is 0.252. The molecule has 3 aromatic rings. The predicted molar refractivity (Wildman–Crippen MR) is 93.5 cm³/mol. The monoisotopic (exact) mass is 322 g/mol. The molecule has 4 rings (SSSR count). The first-order valence-electron chi connectivity index (χ1n) is 8.62. The van der Waals surface area contributed by atoms with E-state index in [-0.39, 0.29) is 11.9 Å². The van der Waals surface area contributed by atoms with Crippen molar-refractivity contribution in [3.63, 3.8) is 0 Å². The van der Waals surface area contributed by atoms with E-state index in [4.69, 9.17) is 0 Å². The topological polar surface area (TPSA) is 43.1 Å². The third-order valence-electron chi connectivity index (χ3n) is 4.90. The van der Waals surface area contributed by atoms with E-state index in [2.05, 4.69) is 34.1 Å². The Labute approximate surface area is 141 Å². The van der Waals surface area contributed by atoms with Crippen LogP contribution < -0.4 is 0 Å². The molecule has 1 amide bonds. The first-order chi connectivity index (χ1) is 11.8. The Morgan fingerprint density at radius 2 is 2.08 bits per heavy atom. The second-order valence-electron chi connectivity index (χ2n) is 6.43. The maximum Gasteiger partial charge on any atom is 0.224 e. The zero-order chi connectivity index (χ0) is 16.4. The van der Waals surface area contributed by atoms with Gasteiger partial charge in [0.05, 0.1) is 12.6 Å². The van der Waals surface area contributed by atoms with Crippen molar-refractivity contribution in [3.05, 3.63) is 55.0 Å². The highest BCUT2D eigenvalue weighted by atomic mass is 16.2. The van der Waals surface area contributed by atoms with Crippen LogP contribution >= 0.6 is 0 Å². The largest absolute Gasteiger partial charge is 0.347 e.